The van der Waals surface area contributed by atoms with Crippen LogP contribution in [-0.4, -0.2) is 56.2 Å². The second kappa shape index (κ2) is 6.45. The van der Waals surface area contributed by atoms with Gasteiger partial charge in [0.1, 0.15) is 5.69 Å². The Balaban J connectivity index is 1.21. The van der Waals surface area contributed by atoms with Gasteiger partial charge in [-0.25, -0.2) is 4.68 Å². The van der Waals surface area contributed by atoms with E-state index in [9.17, 15) is 9.59 Å². The number of fused-ring (bicyclic) bond motifs is 1. The van der Waals surface area contributed by atoms with E-state index in [2.05, 4.69) is 10.3 Å². The van der Waals surface area contributed by atoms with Crippen molar-refractivity contribution in [2.24, 2.45) is 0 Å². The highest BCUT2D eigenvalue weighted by molar-refractivity contribution is 7.20. The third kappa shape index (κ3) is 2.99. The van der Waals surface area contributed by atoms with Gasteiger partial charge >= 0.3 is 0 Å². The van der Waals surface area contributed by atoms with Gasteiger partial charge in [-0.3, -0.25) is 9.59 Å². The van der Waals surface area contributed by atoms with Crippen LogP contribution in [-0.2, 0) is 11.3 Å². The molecule has 27 heavy (non-hydrogen) atoms. The number of aromatic nitrogens is 3. The minimum atomic E-state index is 0.0791. The van der Waals surface area contributed by atoms with Gasteiger partial charge in [0, 0.05) is 30.8 Å². The maximum atomic E-state index is 12.7. The summed E-state index contributed by atoms with van der Waals surface area (Å²) in [7, 11) is 0. The number of hydrogen-bond acceptors (Lipinski definition) is 5. The van der Waals surface area contributed by atoms with Gasteiger partial charge in [-0.2, -0.15) is 0 Å². The molecule has 0 saturated carbocycles. The lowest BCUT2D eigenvalue weighted by molar-refractivity contribution is -0.128. The Bertz CT molecular complexity index is 987. The summed E-state index contributed by atoms with van der Waals surface area (Å²) in [6.07, 6.45) is 3.45. The van der Waals surface area contributed by atoms with Crippen LogP contribution in [0.25, 0.3) is 10.1 Å². The molecule has 2 amide bonds. The van der Waals surface area contributed by atoms with Crippen LogP contribution in [0.4, 0.5) is 0 Å². The lowest BCUT2D eigenvalue weighted by Gasteiger charge is -2.38. The number of likely N-dealkylation sites (tertiary alicyclic amines) is 2. The van der Waals surface area contributed by atoms with Gasteiger partial charge in [0.2, 0.25) is 5.91 Å². The van der Waals surface area contributed by atoms with Gasteiger partial charge in [0.15, 0.2) is 0 Å². The third-order valence-electron chi connectivity index (χ3n) is 5.24. The lowest BCUT2D eigenvalue weighted by atomic mass is 10.1. The van der Waals surface area contributed by atoms with Crippen molar-refractivity contribution in [3.05, 3.63) is 47.1 Å². The van der Waals surface area contributed by atoms with E-state index in [1.807, 2.05) is 51.0 Å². The summed E-state index contributed by atoms with van der Waals surface area (Å²) in [4.78, 5) is 28.9. The molecule has 5 rings (SSSR count). The molecule has 0 radical (unpaired) electrons. The Labute approximate surface area is 160 Å². The van der Waals surface area contributed by atoms with Crippen molar-refractivity contribution in [1.82, 2.24) is 24.8 Å². The molecule has 0 spiro atoms. The number of carbonyl (C=O) groups is 2. The molecule has 4 heterocycles. The number of amides is 2. The number of rotatable bonds is 4. The maximum Gasteiger partial charge on any atom is 0.264 e. The first-order valence-electron chi connectivity index (χ1n) is 9.14. The van der Waals surface area contributed by atoms with E-state index < -0.39 is 0 Å². The Morgan fingerprint density at radius 1 is 1.26 bits per heavy atom. The summed E-state index contributed by atoms with van der Waals surface area (Å²) < 4.78 is 2.96. The van der Waals surface area contributed by atoms with E-state index in [-0.39, 0.29) is 17.9 Å². The summed E-state index contributed by atoms with van der Waals surface area (Å²) >= 11 is 1.54. The summed E-state index contributed by atoms with van der Waals surface area (Å²) in [5, 5.41) is 9.50. The SMILES string of the molecule is O=C1CCCN1Cc1cn(C2CN(C(=O)c3cc4ccccc4s3)C2)nn1. The molecular formula is C19H19N5O2S. The highest BCUT2D eigenvalue weighted by Crippen LogP contribution is 2.29. The largest absolute Gasteiger partial charge is 0.337 e. The van der Waals surface area contributed by atoms with E-state index >= 15 is 0 Å². The lowest BCUT2D eigenvalue weighted by Crippen LogP contribution is -2.50. The highest BCUT2D eigenvalue weighted by Gasteiger charge is 2.34. The molecule has 2 aliphatic rings. The molecule has 2 aliphatic heterocycles. The smallest absolute Gasteiger partial charge is 0.264 e. The first-order chi connectivity index (χ1) is 13.2. The molecule has 0 aliphatic carbocycles. The maximum absolute atomic E-state index is 12.7. The van der Waals surface area contributed by atoms with E-state index in [0.29, 0.717) is 26.1 Å². The molecular weight excluding hydrogens is 362 g/mol. The average molecular weight is 381 g/mol. The van der Waals surface area contributed by atoms with Gasteiger partial charge in [-0.15, -0.1) is 16.4 Å². The predicted octanol–water partition coefficient (Wildman–Crippen LogP) is 2.31. The predicted molar refractivity (Wildman–Crippen MR) is 101 cm³/mol. The quantitative estimate of drug-likeness (QED) is 0.695. The fourth-order valence-corrected chi connectivity index (χ4v) is 4.69. The van der Waals surface area contributed by atoms with Crippen molar-refractivity contribution in [2.75, 3.05) is 19.6 Å². The molecule has 0 N–H and O–H groups in total. The molecule has 7 nitrogen and oxygen atoms in total. The number of nitrogens with zero attached hydrogens (tertiary/aromatic N) is 5. The summed E-state index contributed by atoms with van der Waals surface area (Å²) in [6, 6.07) is 10.2. The van der Waals surface area contributed by atoms with E-state index in [0.717, 1.165) is 33.6 Å². The Hall–Kier alpha value is -2.74. The standard InChI is InChI=1S/C19H19N5O2S/c25-18-6-3-7-22(18)9-14-10-24(21-20-14)15-11-23(12-15)19(26)17-8-13-4-1-2-5-16(13)27-17/h1-2,4-5,8,10,15H,3,6-7,9,11-12H2. The van der Waals surface area contributed by atoms with Crippen LogP contribution in [0.15, 0.2) is 36.5 Å². The topological polar surface area (TPSA) is 71.3 Å². The van der Waals surface area contributed by atoms with Crippen LogP contribution in [0.5, 0.6) is 0 Å². The highest BCUT2D eigenvalue weighted by atomic mass is 32.1. The van der Waals surface area contributed by atoms with Crippen LogP contribution < -0.4 is 0 Å². The zero-order valence-corrected chi connectivity index (χ0v) is 15.6. The van der Waals surface area contributed by atoms with Crippen molar-refractivity contribution >= 4 is 33.2 Å². The summed E-state index contributed by atoms with van der Waals surface area (Å²) in [5.41, 5.74) is 0.805. The number of carbonyl (C=O) groups excluding carboxylic acids is 2. The molecule has 0 bridgehead atoms. The molecule has 8 heteroatoms. The number of thiophene rings is 1. The zero-order valence-electron chi connectivity index (χ0n) is 14.7. The van der Waals surface area contributed by atoms with Crippen molar-refractivity contribution in [3.63, 3.8) is 0 Å². The molecule has 138 valence electrons. The Kier molecular flexibility index (Phi) is 3.93. The monoisotopic (exact) mass is 381 g/mol. The Morgan fingerprint density at radius 3 is 2.89 bits per heavy atom. The van der Waals surface area contributed by atoms with Gasteiger partial charge in [-0.05, 0) is 23.9 Å². The van der Waals surface area contributed by atoms with Crippen molar-refractivity contribution in [1.29, 1.82) is 0 Å². The Morgan fingerprint density at radius 2 is 2.11 bits per heavy atom. The summed E-state index contributed by atoms with van der Waals surface area (Å²) in [5.74, 6) is 0.267. The van der Waals surface area contributed by atoms with E-state index in [4.69, 9.17) is 0 Å². The normalized spacial score (nSPS) is 17.7. The zero-order chi connectivity index (χ0) is 18.4. The van der Waals surface area contributed by atoms with Crippen LogP contribution >= 0.6 is 11.3 Å². The van der Waals surface area contributed by atoms with Gasteiger partial charge < -0.3 is 9.80 Å². The second-order valence-electron chi connectivity index (χ2n) is 7.12. The molecule has 3 aromatic rings. The number of hydrogen-bond donors (Lipinski definition) is 0. The minimum Gasteiger partial charge on any atom is -0.337 e. The molecule has 2 aromatic heterocycles. The van der Waals surface area contributed by atoms with Crippen molar-refractivity contribution in [3.8, 4) is 0 Å². The van der Waals surface area contributed by atoms with Crippen molar-refractivity contribution in [2.45, 2.75) is 25.4 Å². The van der Waals surface area contributed by atoms with Gasteiger partial charge in [0.05, 0.1) is 23.7 Å². The molecule has 0 atom stereocenters. The molecule has 0 unspecified atom stereocenters. The van der Waals surface area contributed by atoms with Crippen molar-refractivity contribution < 1.29 is 9.59 Å². The van der Waals surface area contributed by atoms with E-state index in [1.54, 1.807) is 0 Å². The van der Waals surface area contributed by atoms with Gasteiger partial charge in [-0.1, -0.05) is 23.4 Å². The molecule has 1 aromatic carbocycles. The fourth-order valence-electron chi connectivity index (χ4n) is 3.66. The van der Waals surface area contributed by atoms with Crippen LogP contribution in [0, 0.1) is 0 Å². The number of benzene rings is 1. The van der Waals surface area contributed by atoms with Crippen LogP contribution in [0.3, 0.4) is 0 Å². The fraction of sp³-hybridized carbons (Fsp3) is 0.368. The van der Waals surface area contributed by atoms with Crippen LogP contribution in [0.2, 0.25) is 0 Å². The molecule has 2 fully saturated rings. The third-order valence-corrected chi connectivity index (χ3v) is 6.35. The summed E-state index contributed by atoms with van der Waals surface area (Å²) in [6.45, 7) is 2.60. The second-order valence-corrected chi connectivity index (χ2v) is 8.20. The first kappa shape index (κ1) is 16.4. The molecule has 2 saturated heterocycles. The minimum absolute atomic E-state index is 0.0791. The van der Waals surface area contributed by atoms with Crippen LogP contribution in [0.1, 0.15) is 34.2 Å². The van der Waals surface area contributed by atoms with Gasteiger partial charge in [0.25, 0.3) is 5.91 Å². The first-order valence-corrected chi connectivity index (χ1v) is 9.95. The van der Waals surface area contributed by atoms with E-state index in [1.165, 1.54) is 11.3 Å². The average Bonchev–Trinajstić information content (AvgIpc) is 3.34.